The number of anilines is 1. The predicted molar refractivity (Wildman–Crippen MR) is 78.7 cm³/mol. The van der Waals surface area contributed by atoms with Crippen LogP contribution in [-0.4, -0.2) is 6.04 Å². The van der Waals surface area contributed by atoms with Gasteiger partial charge in [-0.15, -0.1) is 0 Å². The fraction of sp³-hybridized carbons (Fsp3) is 0.600. The summed E-state index contributed by atoms with van der Waals surface area (Å²) >= 11 is 3.15. The van der Waals surface area contributed by atoms with E-state index < -0.39 is 11.7 Å². The normalized spacial score (nSPS) is 27.4. The van der Waals surface area contributed by atoms with Gasteiger partial charge in [0.2, 0.25) is 0 Å². The van der Waals surface area contributed by atoms with E-state index in [1.54, 1.807) is 6.07 Å². The quantitative estimate of drug-likeness (QED) is 0.721. The van der Waals surface area contributed by atoms with Crippen LogP contribution in [0.5, 0.6) is 0 Å². The number of rotatable bonds is 2. The van der Waals surface area contributed by atoms with Gasteiger partial charge in [-0.05, 0) is 49.3 Å². The molecule has 3 atom stereocenters. The summed E-state index contributed by atoms with van der Waals surface area (Å²) in [4.78, 5) is 0. The van der Waals surface area contributed by atoms with Crippen LogP contribution in [0.25, 0.3) is 0 Å². The fourth-order valence-electron chi connectivity index (χ4n) is 2.75. The summed E-state index contributed by atoms with van der Waals surface area (Å²) in [6.45, 7) is 4.45. The molecule has 0 heterocycles. The summed E-state index contributed by atoms with van der Waals surface area (Å²) in [5.74, 6) is 1.30. The van der Waals surface area contributed by atoms with Crippen molar-refractivity contribution in [2.24, 2.45) is 11.8 Å². The second kappa shape index (κ2) is 5.96. The first-order valence-electron chi connectivity index (χ1n) is 6.90. The Morgan fingerprint density at radius 2 is 1.80 bits per heavy atom. The summed E-state index contributed by atoms with van der Waals surface area (Å²) in [6.07, 6.45) is -1.16. The average molecular weight is 350 g/mol. The van der Waals surface area contributed by atoms with Crippen molar-refractivity contribution in [3.63, 3.8) is 0 Å². The highest BCUT2D eigenvalue weighted by Gasteiger charge is 2.31. The third-order valence-corrected chi connectivity index (χ3v) is 4.65. The molecule has 0 aromatic heterocycles. The largest absolute Gasteiger partial charge is 0.416 e. The van der Waals surface area contributed by atoms with Crippen LogP contribution in [0.15, 0.2) is 22.7 Å². The highest BCUT2D eigenvalue weighted by molar-refractivity contribution is 9.10. The van der Waals surface area contributed by atoms with Crippen LogP contribution in [0.2, 0.25) is 0 Å². The Balaban J connectivity index is 2.12. The van der Waals surface area contributed by atoms with Gasteiger partial charge in [-0.25, -0.2) is 0 Å². The van der Waals surface area contributed by atoms with Crippen molar-refractivity contribution in [2.75, 3.05) is 5.32 Å². The molecule has 0 bridgehead atoms. The second-order valence-corrected chi connectivity index (χ2v) is 6.75. The minimum atomic E-state index is -4.31. The lowest BCUT2D eigenvalue weighted by Crippen LogP contribution is -2.30. The smallest absolute Gasteiger partial charge is 0.382 e. The van der Waals surface area contributed by atoms with E-state index in [-0.39, 0.29) is 6.04 Å². The van der Waals surface area contributed by atoms with Crippen molar-refractivity contribution >= 4 is 21.6 Å². The molecular weight excluding hydrogens is 331 g/mol. The van der Waals surface area contributed by atoms with Crippen LogP contribution >= 0.6 is 15.9 Å². The number of benzene rings is 1. The van der Waals surface area contributed by atoms with Crippen molar-refractivity contribution in [3.05, 3.63) is 28.2 Å². The molecular formula is C15H19BrF3N. The Kier molecular flexibility index (Phi) is 4.67. The zero-order valence-corrected chi connectivity index (χ0v) is 13.2. The van der Waals surface area contributed by atoms with Gasteiger partial charge in [-0.1, -0.05) is 29.8 Å². The molecule has 1 aromatic carbocycles. The maximum atomic E-state index is 12.8. The Bertz CT molecular complexity index is 473. The maximum Gasteiger partial charge on any atom is 0.416 e. The van der Waals surface area contributed by atoms with Crippen LogP contribution in [0, 0.1) is 11.8 Å². The summed E-state index contributed by atoms with van der Waals surface area (Å²) in [5.41, 5.74) is -0.0787. The first-order chi connectivity index (χ1) is 9.25. The summed E-state index contributed by atoms with van der Waals surface area (Å²) in [5, 5.41) is 3.26. The zero-order valence-electron chi connectivity index (χ0n) is 11.6. The third-order valence-electron chi connectivity index (χ3n) is 4.19. The minimum absolute atomic E-state index is 0.261. The molecule has 1 saturated carbocycles. The molecule has 1 N–H and O–H groups in total. The van der Waals surface area contributed by atoms with Gasteiger partial charge in [0.1, 0.15) is 0 Å². The molecule has 3 unspecified atom stereocenters. The number of halogens is 4. The van der Waals surface area contributed by atoms with Gasteiger partial charge >= 0.3 is 6.18 Å². The SMILES string of the molecule is CC1CCC(Nc2cc(Br)cc(C(F)(F)F)c2)CC1C. The van der Waals surface area contributed by atoms with Crippen LogP contribution in [0.4, 0.5) is 18.9 Å². The topological polar surface area (TPSA) is 12.0 Å². The Morgan fingerprint density at radius 1 is 1.10 bits per heavy atom. The lowest BCUT2D eigenvalue weighted by Gasteiger charge is -2.33. The molecule has 1 nitrogen and oxygen atoms in total. The molecule has 2 rings (SSSR count). The van der Waals surface area contributed by atoms with Crippen LogP contribution in [-0.2, 0) is 6.18 Å². The van der Waals surface area contributed by atoms with Gasteiger partial charge in [0.25, 0.3) is 0 Å². The highest BCUT2D eigenvalue weighted by Crippen LogP contribution is 2.35. The van der Waals surface area contributed by atoms with Gasteiger partial charge < -0.3 is 5.32 Å². The Hall–Kier alpha value is -0.710. The van der Waals surface area contributed by atoms with Gasteiger partial charge in [0.15, 0.2) is 0 Å². The van der Waals surface area contributed by atoms with Crippen molar-refractivity contribution in [1.82, 2.24) is 0 Å². The average Bonchev–Trinajstić information content (AvgIpc) is 2.32. The molecule has 1 aliphatic rings. The van der Waals surface area contributed by atoms with Crippen molar-refractivity contribution in [1.29, 1.82) is 0 Å². The van der Waals surface area contributed by atoms with E-state index in [1.165, 1.54) is 6.07 Å². The van der Waals surface area contributed by atoms with E-state index in [0.717, 1.165) is 25.3 Å². The van der Waals surface area contributed by atoms with E-state index in [1.807, 2.05) is 0 Å². The van der Waals surface area contributed by atoms with Gasteiger partial charge in [0.05, 0.1) is 5.56 Å². The monoisotopic (exact) mass is 349 g/mol. The second-order valence-electron chi connectivity index (χ2n) is 5.84. The molecule has 0 amide bonds. The molecule has 1 aromatic rings. The van der Waals surface area contributed by atoms with Crippen molar-refractivity contribution in [3.8, 4) is 0 Å². The number of alkyl halides is 3. The standard InChI is InChI=1S/C15H19BrF3N/c1-9-3-4-13(5-10(9)2)20-14-7-11(15(17,18)19)6-12(16)8-14/h6-10,13,20H,3-5H2,1-2H3. The van der Waals surface area contributed by atoms with Crippen LogP contribution in [0.1, 0.15) is 38.7 Å². The first-order valence-corrected chi connectivity index (χ1v) is 7.69. The fourth-order valence-corrected chi connectivity index (χ4v) is 3.24. The number of hydrogen-bond donors (Lipinski definition) is 1. The van der Waals surface area contributed by atoms with Crippen LogP contribution in [0.3, 0.4) is 0 Å². The van der Waals surface area contributed by atoms with E-state index in [9.17, 15) is 13.2 Å². The van der Waals surface area contributed by atoms with E-state index in [2.05, 4.69) is 35.1 Å². The van der Waals surface area contributed by atoms with E-state index >= 15 is 0 Å². The van der Waals surface area contributed by atoms with Crippen molar-refractivity contribution in [2.45, 2.75) is 45.3 Å². The number of nitrogens with one attached hydrogen (secondary N) is 1. The maximum absolute atomic E-state index is 12.8. The van der Waals surface area contributed by atoms with Gasteiger partial charge in [-0.2, -0.15) is 13.2 Å². The van der Waals surface area contributed by atoms with Crippen molar-refractivity contribution < 1.29 is 13.2 Å². The molecule has 1 fully saturated rings. The molecule has 0 radical (unpaired) electrons. The first kappa shape index (κ1) is 15.7. The lowest BCUT2D eigenvalue weighted by molar-refractivity contribution is -0.137. The van der Waals surface area contributed by atoms with E-state index in [4.69, 9.17) is 0 Å². The minimum Gasteiger partial charge on any atom is -0.382 e. The van der Waals surface area contributed by atoms with Gasteiger partial charge in [0, 0.05) is 16.2 Å². The molecule has 112 valence electrons. The molecule has 0 aliphatic heterocycles. The van der Waals surface area contributed by atoms with Gasteiger partial charge in [-0.3, -0.25) is 0 Å². The summed E-state index contributed by atoms with van der Waals surface area (Å²) in [6, 6.07) is 4.26. The Morgan fingerprint density at radius 3 is 2.40 bits per heavy atom. The molecule has 0 spiro atoms. The molecule has 20 heavy (non-hydrogen) atoms. The third kappa shape index (κ3) is 3.90. The molecule has 1 aliphatic carbocycles. The molecule has 5 heteroatoms. The predicted octanol–water partition coefficient (Wildman–Crippen LogP) is 5.70. The molecule has 0 saturated heterocycles. The summed E-state index contributed by atoms with van der Waals surface area (Å²) < 4.78 is 38.8. The van der Waals surface area contributed by atoms with E-state index in [0.29, 0.717) is 22.0 Å². The van der Waals surface area contributed by atoms with Crippen LogP contribution < -0.4 is 5.32 Å². The lowest BCUT2D eigenvalue weighted by atomic mass is 9.79. The zero-order chi connectivity index (χ0) is 14.9. The Labute approximate surface area is 126 Å². The number of hydrogen-bond acceptors (Lipinski definition) is 1. The summed E-state index contributed by atoms with van der Waals surface area (Å²) in [7, 11) is 0. The highest BCUT2D eigenvalue weighted by atomic mass is 79.9.